The third-order valence-electron chi connectivity index (χ3n) is 9.44. The minimum absolute atomic E-state index is 0.0662. The molecule has 0 aliphatic carbocycles. The van der Waals surface area contributed by atoms with E-state index in [-0.39, 0.29) is 60.0 Å². The predicted molar refractivity (Wildman–Crippen MR) is 175 cm³/mol. The van der Waals surface area contributed by atoms with Gasteiger partial charge in [-0.15, -0.1) is 11.8 Å². The normalized spacial score (nSPS) is 27.1. The maximum atomic E-state index is 13.4. The molecule has 7 atom stereocenters. The number of aliphatic hydroxyl groups is 1. The van der Waals surface area contributed by atoms with Crippen LogP contribution in [0.5, 0.6) is 0 Å². The molecule has 4 amide bonds. The van der Waals surface area contributed by atoms with E-state index in [9.17, 15) is 44.3 Å². The number of benzene rings is 1. The molecule has 260 valence electrons. The summed E-state index contributed by atoms with van der Waals surface area (Å²) in [5.41, 5.74) is 5.79. The van der Waals surface area contributed by atoms with Crippen molar-refractivity contribution < 1.29 is 43.8 Å². The molecule has 0 saturated carbocycles. The molecule has 5 rings (SSSR count). The number of nitrogens with zero attached hydrogens (tertiary/aromatic N) is 4. The van der Waals surface area contributed by atoms with Gasteiger partial charge >= 0.3 is 12.1 Å². The zero-order chi connectivity index (χ0) is 34.9. The molecule has 2 unspecified atom stereocenters. The average molecular weight is 706 g/mol. The van der Waals surface area contributed by atoms with Gasteiger partial charge in [-0.1, -0.05) is 6.92 Å². The van der Waals surface area contributed by atoms with Crippen molar-refractivity contribution in [3.05, 3.63) is 50.5 Å². The number of nitrogens with two attached hydrogens (primary N) is 1. The van der Waals surface area contributed by atoms with Crippen LogP contribution in [0.15, 0.2) is 34.9 Å². The van der Waals surface area contributed by atoms with E-state index in [1.807, 2.05) is 6.92 Å². The zero-order valence-corrected chi connectivity index (χ0v) is 28.2. The average Bonchev–Trinajstić information content (AvgIpc) is 3.74. The third kappa shape index (κ3) is 7.27. The number of hydrogen-bond donors (Lipinski definition) is 3. The Bertz CT molecular complexity index is 1500. The number of aliphatic hydroxyl groups excluding tert-OH is 1. The fraction of sp³-hybridized carbons (Fsp3) is 0.581. The summed E-state index contributed by atoms with van der Waals surface area (Å²) >= 11 is 2.83. The van der Waals surface area contributed by atoms with Crippen LogP contribution in [0.2, 0.25) is 0 Å². The number of nitro benzene ring substituents is 1. The van der Waals surface area contributed by atoms with Crippen molar-refractivity contribution in [2.45, 2.75) is 63.2 Å². The molecule has 3 fully saturated rings. The van der Waals surface area contributed by atoms with Crippen molar-refractivity contribution in [2.75, 3.05) is 31.1 Å². The number of carboxylic acids is 1. The summed E-state index contributed by atoms with van der Waals surface area (Å²) in [5, 5.41) is 31.0. The first-order valence-corrected chi connectivity index (χ1v) is 17.8. The highest BCUT2D eigenvalue weighted by molar-refractivity contribution is 8.03. The molecule has 4 heterocycles. The number of carbonyl (C=O) groups excluding carboxylic acids is 4. The van der Waals surface area contributed by atoms with Crippen molar-refractivity contribution in [1.29, 1.82) is 0 Å². The van der Waals surface area contributed by atoms with E-state index in [1.54, 1.807) is 9.80 Å². The van der Waals surface area contributed by atoms with Crippen molar-refractivity contribution >= 4 is 59.0 Å². The van der Waals surface area contributed by atoms with Gasteiger partial charge in [0, 0.05) is 71.8 Å². The van der Waals surface area contributed by atoms with Crippen LogP contribution in [0.25, 0.3) is 0 Å². The van der Waals surface area contributed by atoms with Crippen LogP contribution < -0.4 is 5.73 Å². The Hall–Kier alpha value is -3.83. The zero-order valence-electron chi connectivity index (χ0n) is 26.6. The Balaban J connectivity index is 1.24. The van der Waals surface area contributed by atoms with E-state index in [2.05, 4.69) is 0 Å². The van der Waals surface area contributed by atoms with Gasteiger partial charge in [0.05, 0.1) is 28.9 Å². The lowest BCUT2D eigenvalue weighted by Crippen LogP contribution is -2.63. The summed E-state index contributed by atoms with van der Waals surface area (Å²) in [4.78, 5) is 78.2. The van der Waals surface area contributed by atoms with Gasteiger partial charge in [0.2, 0.25) is 17.7 Å². The number of nitro groups is 1. The highest BCUT2D eigenvalue weighted by Gasteiger charge is 2.60. The summed E-state index contributed by atoms with van der Waals surface area (Å²) in [6, 6.07) is 4.93. The third-order valence-corrected chi connectivity index (χ3v) is 12.0. The molecule has 4 aliphatic heterocycles. The SMILES string of the molecule is C[C@H]1C(S[C@H]2C[C@@H](CSCCC(=O)N3CCC(C(N)=O)C3)N(C(=O)OCc3ccc([N+](=O)[O-])cc3)C2)=C(C(=O)O)N2C(=O)[C@H]([C@@H](C)O)C12. The number of carbonyl (C=O) groups is 5. The Morgan fingerprint density at radius 3 is 2.50 bits per heavy atom. The molecule has 3 saturated heterocycles. The lowest BCUT2D eigenvalue weighted by Gasteiger charge is -2.46. The number of thioether (sulfide) groups is 2. The van der Waals surface area contributed by atoms with E-state index in [0.717, 1.165) is 0 Å². The van der Waals surface area contributed by atoms with Gasteiger partial charge in [-0.25, -0.2) is 9.59 Å². The number of β-lactam (4-membered cyclic amide) rings is 1. The summed E-state index contributed by atoms with van der Waals surface area (Å²) in [7, 11) is 0. The number of aliphatic carboxylic acids is 1. The molecule has 4 aliphatic rings. The second-order valence-electron chi connectivity index (χ2n) is 12.6. The molecular weight excluding hydrogens is 667 g/mol. The van der Waals surface area contributed by atoms with Gasteiger partial charge in [-0.2, -0.15) is 11.8 Å². The minimum Gasteiger partial charge on any atom is -0.477 e. The smallest absolute Gasteiger partial charge is 0.410 e. The number of hydrogen-bond acceptors (Lipinski definition) is 11. The first kappa shape index (κ1) is 35.5. The molecule has 0 radical (unpaired) electrons. The first-order valence-electron chi connectivity index (χ1n) is 15.7. The lowest BCUT2D eigenvalue weighted by molar-refractivity contribution is -0.384. The minimum atomic E-state index is -1.22. The van der Waals surface area contributed by atoms with E-state index in [0.29, 0.717) is 47.9 Å². The van der Waals surface area contributed by atoms with E-state index in [1.165, 1.54) is 59.6 Å². The second-order valence-corrected chi connectivity index (χ2v) is 15.1. The number of non-ortho nitro benzene ring substituents is 1. The molecule has 15 nitrogen and oxygen atoms in total. The topological polar surface area (TPSA) is 214 Å². The maximum absolute atomic E-state index is 13.4. The predicted octanol–water partition coefficient (Wildman–Crippen LogP) is 2.02. The largest absolute Gasteiger partial charge is 0.477 e. The van der Waals surface area contributed by atoms with Gasteiger partial charge in [0.25, 0.3) is 5.69 Å². The molecule has 0 aromatic heterocycles. The molecule has 4 N–H and O–H groups in total. The van der Waals surface area contributed by atoms with Crippen LogP contribution >= 0.6 is 23.5 Å². The van der Waals surface area contributed by atoms with Gasteiger partial charge in [-0.3, -0.25) is 24.5 Å². The molecule has 1 aromatic rings. The van der Waals surface area contributed by atoms with Crippen LogP contribution in [0, 0.1) is 27.9 Å². The van der Waals surface area contributed by atoms with Crippen molar-refractivity contribution in [1.82, 2.24) is 14.7 Å². The van der Waals surface area contributed by atoms with Gasteiger partial charge in [0.1, 0.15) is 12.3 Å². The first-order chi connectivity index (χ1) is 22.8. The van der Waals surface area contributed by atoms with Crippen molar-refractivity contribution in [3.8, 4) is 0 Å². The highest BCUT2D eigenvalue weighted by Crippen LogP contribution is 2.52. The molecule has 0 bridgehead atoms. The number of ether oxygens (including phenoxy) is 1. The van der Waals surface area contributed by atoms with E-state index in [4.69, 9.17) is 10.5 Å². The summed E-state index contributed by atoms with van der Waals surface area (Å²) in [6.07, 6.45) is -0.193. The highest BCUT2D eigenvalue weighted by atomic mass is 32.2. The lowest BCUT2D eigenvalue weighted by atomic mass is 9.79. The molecule has 0 spiro atoms. The van der Waals surface area contributed by atoms with E-state index < -0.39 is 46.9 Å². The number of fused-ring (bicyclic) bond motifs is 1. The van der Waals surface area contributed by atoms with Crippen LogP contribution in [0.4, 0.5) is 10.5 Å². The second kappa shape index (κ2) is 14.7. The number of amides is 4. The number of rotatable bonds is 13. The number of likely N-dealkylation sites (tertiary alicyclic amines) is 2. The summed E-state index contributed by atoms with van der Waals surface area (Å²) < 4.78 is 5.59. The number of carboxylic acid groups (broad SMARTS) is 1. The fourth-order valence-electron chi connectivity index (χ4n) is 6.90. The molecule has 17 heteroatoms. The monoisotopic (exact) mass is 705 g/mol. The molecule has 1 aromatic carbocycles. The fourth-order valence-corrected chi connectivity index (χ4v) is 9.53. The number of primary amides is 1. The Labute approximate surface area is 285 Å². The standard InChI is InChI=1S/C31H39N5O10S2/c1-16-25-24(17(2)37)29(40)35(25)26(30(41)42)27(16)48-22-11-21(15-47-10-8-23(38)33-9-7-19(12-33)28(32)39)34(13-22)31(43)46-14-18-3-5-20(6-4-18)36(44)45/h3-6,16-17,19,21-22,24-25,37H,7-15H2,1-2H3,(H2,32,39)(H,41,42)/t16-,17-,19?,21+,22+,24-,25?/m1/s1. The Morgan fingerprint density at radius 2 is 1.90 bits per heavy atom. The maximum Gasteiger partial charge on any atom is 0.410 e. The summed E-state index contributed by atoms with van der Waals surface area (Å²) in [5.74, 6) is -2.48. The molecular formula is C31H39N5O10S2. The Morgan fingerprint density at radius 1 is 1.19 bits per heavy atom. The molecule has 48 heavy (non-hydrogen) atoms. The van der Waals surface area contributed by atoms with Crippen molar-refractivity contribution in [3.63, 3.8) is 0 Å². The summed E-state index contributed by atoms with van der Waals surface area (Å²) in [6.45, 7) is 4.32. The van der Waals surface area contributed by atoms with Crippen LogP contribution in [-0.4, -0.2) is 114 Å². The van der Waals surface area contributed by atoms with Crippen LogP contribution in [-0.2, 0) is 30.5 Å². The Kier molecular flexibility index (Phi) is 10.9. The van der Waals surface area contributed by atoms with Gasteiger partial charge in [0.15, 0.2) is 0 Å². The van der Waals surface area contributed by atoms with E-state index >= 15 is 0 Å². The van der Waals surface area contributed by atoms with Crippen molar-refractivity contribution in [2.24, 2.45) is 23.5 Å². The van der Waals surface area contributed by atoms with Gasteiger partial charge < -0.3 is 35.4 Å². The quantitative estimate of drug-likeness (QED) is 0.116. The van der Waals surface area contributed by atoms with Gasteiger partial charge in [-0.05, 0) is 37.5 Å². The van der Waals surface area contributed by atoms with Crippen LogP contribution in [0.3, 0.4) is 0 Å². The van der Waals surface area contributed by atoms with Crippen LogP contribution in [0.1, 0.15) is 38.7 Å².